The normalized spacial score (nSPS) is 19.0. The lowest BCUT2D eigenvalue weighted by molar-refractivity contribution is 0.949. The molecule has 3 nitrogen and oxygen atoms in total. The van der Waals surface area contributed by atoms with Crippen molar-refractivity contribution < 1.29 is 0 Å². The van der Waals surface area contributed by atoms with Crippen LogP contribution in [0.4, 0.5) is 11.4 Å². The molecule has 1 aromatic heterocycles. The highest BCUT2D eigenvalue weighted by atomic mass is 15.2. The van der Waals surface area contributed by atoms with Crippen LogP contribution in [0.25, 0.3) is 10.9 Å². The second kappa shape index (κ2) is 4.72. The molecular formula is C20H19N3. The Morgan fingerprint density at radius 2 is 1.91 bits per heavy atom. The molecule has 114 valence electrons. The number of aromatic nitrogens is 1. The summed E-state index contributed by atoms with van der Waals surface area (Å²) in [5.41, 5.74) is 7.26. The summed E-state index contributed by atoms with van der Waals surface area (Å²) < 4.78 is 0. The van der Waals surface area contributed by atoms with Gasteiger partial charge in [0.15, 0.2) is 0 Å². The van der Waals surface area contributed by atoms with Gasteiger partial charge in [0, 0.05) is 46.9 Å². The number of pyridine rings is 1. The van der Waals surface area contributed by atoms with Crippen LogP contribution in [0, 0.1) is 6.92 Å². The van der Waals surface area contributed by atoms with Crippen molar-refractivity contribution in [2.24, 2.45) is 0 Å². The zero-order chi connectivity index (χ0) is 15.4. The third-order valence-electron chi connectivity index (χ3n) is 4.95. The molecule has 0 aliphatic carbocycles. The monoisotopic (exact) mass is 301 g/mol. The van der Waals surface area contributed by atoms with Crippen molar-refractivity contribution >= 4 is 22.3 Å². The van der Waals surface area contributed by atoms with Crippen molar-refractivity contribution in [3.05, 3.63) is 65.7 Å². The fourth-order valence-corrected chi connectivity index (χ4v) is 3.84. The smallest absolute Gasteiger partial charge is 0.0746 e. The summed E-state index contributed by atoms with van der Waals surface area (Å²) in [6.45, 7) is 4.42. The molecule has 0 saturated carbocycles. The molecule has 1 saturated heterocycles. The number of hydrogen-bond donors (Lipinski definition) is 0. The average molecular weight is 301 g/mol. The number of allylic oxidation sites excluding steroid dienone is 4. The summed E-state index contributed by atoms with van der Waals surface area (Å²) in [5.74, 6) is 0. The summed E-state index contributed by atoms with van der Waals surface area (Å²) in [6, 6.07) is 8.92. The van der Waals surface area contributed by atoms with Crippen LogP contribution >= 0.6 is 0 Å². The largest absolute Gasteiger partial charge is 0.371 e. The Kier molecular flexibility index (Phi) is 2.66. The number of rotatable bonds is 2. The van der Waals surface area contributed by atoms with E-state index in [0.717, 1.165) is 24.3 Å². The van der Waals surface area contributed by atoms with E-state index >= 15 is 0 Å². The van der Waals surface area contributed by atoms with Crippen molar-refractivity contribution in [1.82, 2.24) is 4.98 Å². The maximum absolute atomic E-state index is 4.79. The lowest BCUT2D eigenvalue weighted by Gasteiger charge is -2.37. The van der Waals surface area contributed by atoms with Gasteiger partial charge in [-0.15, -0.1) is 0 Å². The summed E-state index contributed by atoms with van der Waals surface area (Å²) in [6.07, 6.45) is 11.2. The second-order valence-electron chi connectivity index (χ2n) is 6.53. The second-order valence-corrected chi connectivity index (χ2v) is 6.53. The number of nitrogens with zero attached hydrogens (tertiary/aromatic N) is 3. The van der Waals surface area contributed by atoms with Gasteiger partial charge in [-0.2, -0.15) is 0 Å². The zero-order valence-electron chi connectivity index (χ0n) is 13.3. The van der Waals surface area contributed by atoms with Gasteiger partial charge >= 0.3 is 0 Å². The molecule has 0 spiro atoms. The van der Waals surface area contributed by atoms with E-state index in [0.29, 0.717) is 0 Å². The van der Waals surface area contributed by atoms with Crippen molar-refractivity contribution in [2.75, 3.05) is 22.9 Å². The van der Waals surface area contributed by atoms with E-state index in [-0.39, 0.29) is 0 Å². The first-order valence-corrected chi connectivity index (χ1v) is 8.36. The molecule has 2 aromatic rings. The predicted octanol–water partition coefficient (Wildman–Crippen LogP) is 4.30. The lowest BCUT2D eigenvalue weighted by Crippen LogP contribution is -2.29. The number of hydrogen-bond acceptors (Lipinski definition) is 3. The molecule has 2 bridgehead atoms. The minimum Gasteiger partial charge on any atom is -0.371 e. The van der Waals surface area contributed by atoms with E-state index in [9.17, 15) is 0 Å². The Balaban J connectivity index is 1.62. The van der Waals surface area contributed by atoms with Gasteiger partial charge in [-0.05, 0) is 62.3 Å². The van der Waals surface area contributed by atoms with Crippen molar-refractivity contribution in [3.8, 4) is 0 Å². The van der Waals surface area contributed by atoms with Crippen LogP contribution in [0.2, 0.25) is 0 Å². The van der Waals surface area contributed by atoms with Crippen molar-refractivity contribution in [3.63, 3.8) is 0 Å². The number of fused-ring (bicyclic) bond motifs is 3. The molecule has 0 atom stereocenters. The molecule has 5 rings (SSSR count). The molecule has 3 aliphatic rings. The van der Waals surface area contributed by atoms with Crippen molar-refractivity contribution in [1.29, 1.82) is 0 Å². The summed E-state index contributed by atoms with van der Waals surface area (Å²) >= 11 is 0. The maximum atomic E-state index is 4.79. The van der Waals surface area contributed by atoms with Crippen LogP contribution in [-0.2, 0) is 0 Å². The van der Waals surface area contributed by atoms with E-state index in [4.69, 9.17) is 4.98 Å². The maximum Gasteiger partial charge on any atom is 0.0746 e. The van der Waals surface area contributed by atoms with Gasteiger partial charge in [-0.1, -0.05) is 6.08 Å². The van der Waals surface area contributed by atoms with Crippen LogP contribution in [0.5, 0.6) is 0 Å². The summed E-state index contributed by atoms with van der Waals surface area (Å²) in [5, 5.41) is 1.27. The van der Waals surface area contributed by atoms with Crippen LogP contribution in [0.1, 0.15) is 18.5 Å². The van der Waals surface area contributed by atoms with E-state index in [2.05, 4.69) is 65.3 Å². The minimum absolute atomic E-state index is 1.10. The molecule has 0 unspecified atom stereocenters. The number of aryl methyl sites for hydroxylation is 1. The van der Waals surface area contributed by atoms with Crippen LogP contribution in [0.15, 0.2) is 60.0 Å². The van der Waals surface area contributed by atoms with E-state index in [1.54, 1.807) is 0 Å². The standard InChI is InChI=1S/C20H19N3/c1-14-11-20(22-9-2-3-10-22)18-8-7-17(13-19(18)21-14)23-15-5-4-6-16(23)12-15/h4-8,11-13H,2-3,9-10H2,1H3. The molecule has 4 heterocycles. The first-order chi connectivity index (χ1) is 11.3. The predicted molar refractivity (Wildman–Crippen MR) is 95.7 cm³/mol. The zero-order valence-corrected chi connectivity index (χ0v) is 13.3. The van der Waals surface area contributed by atoms with Gasteiger partial charge in [0.2, 0.25) is 0 Å². The molecule has 3 aliphatic heterocycles. The minimum atomic E-state index is 1.10. The average Bonchev–Trinajstić information content (AvgIpc) is 3.08. The van der Waals surface area contributed by atoms with E-state index in [1.807, 2.05) is 0 Å². The fraction of sp³-hybridized carbons (Fsp3) is 0.250. The Hall–Kier alpha value is -2.55. The Morgan fingerprint density at radius 3 is 2.65 bits per heavy atom. The highest BCUT2D eigenvalue weighted by molar-refractivity contribution is 5.95. The molecule has 3 heteroatoms. The molecule has 1 fully saturated rings. The van der Waals surface area contributed by atoms with Crippen molar-refractivity contribution in [2.45, 2.75) is 19.8 Å². The van der Waals surface area contributed by atoms with Gasteiger partial charge in [-0.25, -0.2) is 0 Å². The van der Waals surface area contributed by atoms with E-state index in [1.165, 1.54) is 41.0 Å². The topological polar surface area (TPSA) is 19.4 Å². The van der Waals surface area contributed by atoms with Gasteiger partial charge in [-0.3, -0.25) is 4.98 Å². The van der Waals surface area contributed by atoms with Gasteiger partial charge in [0.25, 0.3) is 0 Å². The highest BCUT2D eigenvalue weighted by Gasteiger charge is 2.25. The lowest BCUT2D eigenvalue weighted by atomic mass is 10.0. The first-order valence-electron chi connectivity index (χ1n) is 8.36. The highest BCUT2D eigenvalue weighted by Crippen LogP contribution is 2.39. The summed E-state index contributed by atoms with van der Waals surface area (Å²) in [4.78, 5) is 9.59. The molecule has 0 radical (unpaired) electrons. The molecule has 23 heavy (non-hydrogen) atoms. The first kappa shape index (κ1) is 12.9. The Bertz CT molecular complexity index is 887. The molecule has 0 amide bonds. The third kappa shape index (κ3) is 1.93. The molecule has 1 aromatic carbocycles. The quantitative estimate of drug-likeness (QED) is 0.824. The van der Waals surface area contributed by atoms with Crippen LogP contribution < -0.4 is 9.80 Å². The SMILES string of the molecule is Cc1cc(N2CCCC2)c2ccc(N3C4=CC=CC3=C4)cc2n1. The van der Waals surface area contributed by atoms with E-state index < -0.39 is 0 Å². The number of benzene rings is 1. The van der Waals surface area contributed by atoms with Gasteiger partial charge < -0.3 is 9.80 Å². The van der Waals surface area contributed by atoms with Gasteiger partial charge in [0.1, 0.15) is 0 Å². The third-order valence-corrected chi connectivity index (χ3v) is 4.95. The fourth-order valence-electron chi connectivity index (χ4n) is 3.84. The molecular weight excluding hydrogens is 282 g/mol. The number of anilines is 2. The van der Waals surface area contributed by atoms with Crippen LogP contribution in [0.3, 0.4) is 0 Å². The Labute approximate surface area is 136 Å². The van der Waals surface area contributed by atoms with Gasteiger partial charge in [0.05, 0.1) is 5.52 Å². The Morgan fingerprint density at radius 1 is 1.04 bits per heavy atom. The summed E-state index contributed by atoms with van der Waals surface area (Å²) in [7, 11) is 0. The molecule has 0 N–H and O–H groups in total. The van der Waals surface area contributed by atoms with Crippen LogP contribution in [-0.4, -0.2) is 18.1 Å².